The predicted octanol–water partition coefficient (Wildman–Crippen LogP) is 4.21. The molecule has 1 aliphatic heterocycles. The molecule has 0 saturated carbocycles. The number of rotatable bonds is 1. The summed E-state index contributed by atoms with van der Waals surface area (Å²) in [6.45, 7) is 6.63. The van der Waals surface area contributed by atoms with Gasteiger partial charge in [-0.3, -0.25) is 0 Å². The average Bonchev–Trinajstić information content (AvgIpc) is 2.37. The summed E-state index contributed by atoms with van der Waals surface area (Å²) in [6.07, 6.45) is 4.85. The van der Waals surface area contributed by atoms with E-state index in [9.17, 15) is 5.11 Å². The Hall–Kier alpha value is -1.28. The van der Waals surface area contributed by atoms with Crippen molar-refractivity contribution in [1.82, 2.24) is 0 Å². The fourth-order valence-corrected chi connectivity index (χ4v) is 3.47. The smallest absolute Gasteiger partial charge is 0.115 e. The molecule has 2 heteroatoms. The maximum atomic E-state index is 9.43. The second-order valence-electron chi connectivity index (χ2n) is 6.46. The number of benzene rings is 1. The Morgan fingerprint density at radius 1 is 1.21 bits per heavy atom. The van der Waals surface area contributed by atoms with Crippen molar-refractivity contribution in [1.29, 1.82) is 0 Å². The van der Waals surface area contributed by atoms with Crippen molar-refractivity contribution in [2.24, 2.45) is 11.8 Å². The zero-order valence-electron chi connectivity index (χ0n) is 11.9. The van der Waals surface area contributed by atoms with Crippen molar-refractivity contribution in [3.63, 3.8) is 0 Å². The van der Waals surface area contributed by atoms with Crippen LogP contribution in [0.2, 0.25) is 0 Å². The quantitative estimate of drug-likeness (QED) is 0.764. The summed E-state index contributed by atoms with van der Waals surface area (Å²) in [5.74, 6) is 1.42. The molecule has 1 N–H and O–H groups in total. The van der Waals surface area contributed by atoms with Gasteiger partial charge in [-0.2, -0.15) is 0 Å². The van der Waals surface area contributed by atoms with Gasteiger partial charge in [0.15, 0.2) is 0 Å². The van der Waals surface area contributed by atoms with Crippen LogP contribution in [0, 0.1) is 11.8 Å². The van der Waals surface area contributed by atoms with Crippen molar-refractivity contribution in [2.45, 2.75) is 45.3 Å². The third kappa shape index (κ3) is 2.18. The first-order valence-electron chi connectivity index (χ1n) is 7.11. The highest BCUT2D eigenvalue weighted by Gasteiger charge is 2.45. The predicted molar refractivity (Wildman–Crippen MR) is 76.0 cm³/mol. The van der Waals surface area contributed by atoms with E-state index in [0.717, 1.165) is 6.42 Å². The highest BCUT2D eigenvalue weighted by atomic mass is 16.5. The lowest BCUT2D eigenvalue weighted by molar-refractivity contribution is -0.166. The van der Waals surface area contributed by atoms with Gasteiger partial charge in [-0.1, -0.05) is 23.8 Å². The van der Waals surface area contributed by atoms with Crippen LogP contribution in [-0.4, -0.2) is 10.7 Å². The minimum absolute atomic E-state index is 0.0732. The lowest BCUT2D eigenvalue weighted by Crippen LogP contribution is -2.45. The van der Waals surface area contributed by atoms with Gasteiger partial charge in [0.25, 0.3) is 0 Å². The minimum Gasteiger partial charge on any atom is -0.508 e. The number of hydrogen-bond acceptors (Lipinski definition) is 2. The van der Waals surface area contributed by atoms with E-state index in [1.165, 1.54) is 17.6 Å². The van der Waals surface area contributed by atoms with Crippen LogP contribution >= 0.6 is 0 Å². The highest BCUT2D eigenvalue weighted by Crippen LogP contribution is 2.50. The third-order valence-electron chi connectivity index (χ3n) is 4.85. The van der Waals surface area contributed by atoms with Crippen LogP contribution in [0.3, 0.4) is 0 Å². The Bertz CT molecular complexity index is 498. The molecule has 0 radical (unpaired) electrons. The Labute approximate surface area is 115 Å². The molecule has 1 aromatic rings. The topological polar surface area (TPSA) is 29.5 Å². The van der Waals surface area contributed by atoms with E-state index >= 15 is 0 Å². The van der Waals surface area contributed by atoms with Gasteiger partial charge in [0.2, 0.25) is 0 Å². The lowest BCUT2D eigenvalue weighted by Gasteiger charge is -2.49. The SMILES string of the molecule is CC1=CC[C@@H]2C[C@H]1C(c1ccc(O)cc1)OC2(C)C. The second-order valence-corrected chi connectivity index (χ2v) is 6.46. The summed E-state index contributed by atoms with van der Waals surface area (Å²) >= 11 is 0. The maximum absolute atomic E-state index is 9.43. The van der Waals surface area contributed by atoms with Crippen LogP contribution in [0.25, 0.3) is 0 Å². The first kappa shape index (κ1) is 12.7. The zero-order valence-corrected chi connectivity index (χ0v) is 11.9. The van der Waals surface area contributed by atoms with E-state index in [0.29, 0.717) is 17.6 Å². The fraction of sp³-hybridized carbons (Fsp3) is 0.529. The molecule has 0 amide bonds. The molecule has 3 rings (SSSR count). The van der Waals surface area contributed by atoms with Crippen LogP contribution in [0.15, 0.2) is 35.9 Å². The molecule has 1 unspecified atom stereocenters. The van der Waals surface area contributed by atoms with Crippen molar-refractivity contribution < 1.29 is 9.84 Å². The van der Waals surface area contributed by atoms with Crippen molar-refractivity contribution in [3.05, 3.63) is 41.5 Å². The second kappa shape index (κ2) is 4.38. The Balaban J connectivity index is 1.97. The molecule has 0 aromatic heterocycles. The van der Waals surface area contributed by atoms with Crippen LogP contribution in [0.5, 0.6) is 5.75 Å². The standard InChI is InChI=1S/C17H22O2/c1-11-4-7-13-10-15(11)16(19-17(13,2)3)12-5-8-14(18)9-6-12/h4-6,8-9,13,15-16,18H,7,10H2,1-3H3/t13-,15-,16?/m1/s1. The molecule has 2 aliphatic rings. The number of phenols is 1. The molecule has 1 aromatic carbocycles. The van der Waals surface area contributed by atoms with Crippen LogP contribution in [0.4, 0.5) is 0 Å². The first-order chi connectivity index (χ1) is 8.97. The number of phenolic OH excluding ortho intramolecular Hbond substituents is 1. The van der Waals surface area contributed by atoms with E-state index in [1.807, 2.05) is 12.1 Å². The molecular weight excluding hydrogens is 236 g/mol. The summed E-state index contributed by atoms with van der Waals surface area (Å²) in [7, 11) is 0. The minimum atomic E-state index is -0.0732. The Morgan fingerprint density at radius 2 is 1.89 bits per heavy atom. The molecule has 3 atom stereocenters. The summed E-state index contributed by atoms with van der Waals surface area (Å²) in [5.41, 5.74) is 2.55. The van der Waals surface area contributed by atoms with Crippen LogP contribution < -0.4 is 0 Å². The van der Waals surface area contributed by atoms with Gasteiger partial charge in [0.05, 0.1) is 11.7 Å². The van der Waals surface area contributed by atoms with Crippen molar-refractivity contribution in [2.75, 3.05) is 0 Å². The maximum Gasteiger partial charge on any atom is 0.115 e. The van der Waals surface area contributed by atoms with Crippen molar-refractivity contribution in [3.8, 4) is 5.75 Å². The highest BCUT2D eigenvalue weighted by molar-refractivity contribution is 5.30. The van der Waals surface area contributed by atoms with E-state index in [4.69, 9.17) is 4.74 Å². The van der Waals surface area contributed by atoms with Gasteiger partial charge in [-0.15, -0.1) is 0 Å². The van der Waals surface area contributed by atoms with Gasteiger partial charge in [0.1, 0.15) is 5.75 Å². The number of aromatic hydroxyl groups is 1. The number of allylic oxidation sites excluding steroid dienone is 1. The molecule has 1 fully saturated rings. The van der Waals surface area contributed by atoms with Gasteiger partial charge in [0, 0.05) is 5.92 Å². The number of fused-ring (bicyclic) bond motifs is 2. The molecule has 2 nitrogen and oxygen atoms in total. The molecule has 1 aliphatic carbocycles. The normalized spacial score (nSPS) is 32.8. The van der Waals surface area contributed by atoms with Crippen molar-refractivity contribution >= 4 is 0 Å². The monoisotopic (exact) mass is 258 g/mol. The van der Waals surface area contributed by atoms with Gasteiger partial charge in [-0.05, 0) is 57.2 Å². The molecule has 0 spiro atoms. The number of ether oxygens (including phenoxy) is 1. The first-order valence-corrected chi connectivity index (χ1v) is 7.11. The van der Waals surface area contributed by atoms with Crippen LogP contribution in [-0.2, 0) is 4.74 Å². The molecule has 2 bridgehead atoms. The lowest BCUT2D eigenvalue weighted by atomic mass is 9.69. The molecule has 102 valence electrons. The molecule has 19 heavy (non-hydrogen) atoms. The van der Waals surface area contributed by atoms with E-state index < -0.39 is 0 Å². The third-order valence-corrected chi connectivity index (χ3v) is 4.85. The largest absolute Gasteiger partial charge is 0.508 e. The van der Waals surface area contributed by atoms with E-state index in [-0.39, 0.29) is 11.7 Å². The summed E-state index contributed by atoms with van der Waals surface area (Å²) in [5, 5.41) is 9.43. The average molecular weight is 258 g/mol. The Kier molecular flexibility index (Phi) is 2.94. The van der Waals surface area contributed by atoms with E-state index in [1.54, 1.807) is 12.1 Å². The molecule has 1 heterocycles. The molecular formula is C17H22O2. The van der Waals surface area contributed by atoms with Gasteiger partial charge in [-0.25, -0.2) is 0 Å². The zero-order chi connectivity index (χ0) is 13.6. The van der Waals surface area contributed by atoms with Gasteiger partial charge < -0.3 is 9.84 Å². The number of hydrogen-bond donors (Lipinski definition) is 1. The Morgan fingerprint density at radius 3 is 2.58 bits per heavy atom. The van der Waals surface area contributed by atoms with E-state index in [2.05, 4.69) is 26.8 Å². The summed E-state index contributed by atoms with van der Waals surface area (Å²) in [6, 6.07) is 7.47. The fourth-order valence-electron chi connectivity index (χ4n) is 3.47. The van der Waals surface area contributed by atoms with Gasteiger partial charge >= 0.3 is 0 Å². The molecule has 1 saturated heterocycles. The van der Waals surface area contributed by atoms with Crippen LogP contribution in [0.1, 0.15) is 45.3 Å². The summed E-state index contributed by atoms with van der Waals surface area (Å²) in [4.78, 5) is 0. The summed E-state index contributed by atoms with van der Waals surface area (Å²) < 4.78 is 6.41.